The topological polar surface area (TPSA) is 70.7 Å². The molecule has 0 aliphatic heterocycles. The number of carboxylic acid groups (broad SMARTS) is 1. The second-order valence-corrected chi connectivity index (χ2v) is 3.92. The molecule has 4 nitrogen and oxygen atoms in total. The lowest BCUT2D eigenvalue weighted by Gasteiger charge is -2.18. The average molecular weight is 224 g/mol. The van der Waals surface area contributed by atoms with E-state index < -0.39 is 11.6 Å². The van der Waals surface area contributed by atoms with Crippen molar-refractivity contribution in [2.24, 2.45) is 0 Å². The van der Waals surface area contributed by atoms with Gasteiger partial charge in [-0.05, 0) is 23.6 Å². The Kier molecular flexibility index (Phi) is 2.34. The molecule has 0 aliphatic carbocycles. The molecule has 2 heterocycles. The van der Waals surface area contributed by atoms with Gasteiger partial charge >= 0.3 is 5.97 Å². The van der Waals surface area contributed by atoms with Crippen molar-refractivity contribution in [3.8, 4) is 0 Å². The van der Waals surface area contributed by atoms with E-state index in [4.69, 9.17) is 9.52 Å². The first-order valence-electron chi connectivity index (χ1n) is 4.19. The van der Waals surface area contributed by atoms with Gasteiger partial charge in [0, 0.05) is 0 Å². The van der Waals surface area contributed by atoms with Crippen LogP contribution in [0.1, 0.15) is 10.6 Å². The number of aliphatic hydroxyl groups is 1. The molecule has 15 heavy (non-hydrogen) atoms. The van der Waals surface area contributed by atoms with Crippen LogP contribution in [0.5, 0.6) is 0 Å². The lowest BCUT2D eigenvalue weighted by atomic mass is 9.99. The molecule has 0 aliphatic rings. The molecule has 5 heteroatoms. The number of furan rings is 1. The number of rotatable bonds is 3. The lowest BCUT2D eigenvalue weighted by Crippen LogP contribution is -2.35. The maximum absolute atomic E-state index is 11.1. The summed E-state index contributed by atoms with van der Waals surface area (Å²) < 4.78 is 4.96. The summed E-state index contributed by atoms with van der Waals surface area (Å²) in [5, 5.41) is 20.9. The van der Waals surface area contributed by atoms with Gasteiger partial charge in [0.2, 0.25) is 0 Å². The quantitative estimate of drug-likeness (QED) is 0.831. The molecule has 0 aromatic carbocycles. The van der Waals surface area contributed by atoms with Crippen LogP contribution in [0.2, 0.25) is 0 Å². The normalized spacial score (nSPS) is 14.7. The van der Waals surface area contributed by atoms with Crippen LogP contribution in [0.15, 0.2) is 40.3 Å². The van der Waals surface area contributed by atoms with Gasteiger partial charge in [0.25, 0.3) is 5.60 Å². The third-order valence-electron chi connectivity index (χ3n) is 2.07. The highest BCUT2D eigenvalue weighted by atomic mass is 32.1. The van der Waals surface area contributed by atoms with Gasteiger partial charge in [-0.2, -0.15) is 0 Å². The second-order valence-electron chi connectivity index (χ2n) is 2.97. The monoisotopic (exact) mass is 224 g/mol. The van der Waals surface area contributed by atoms with E-state index in [1.807, 2.05) is 0 Å². The Bertz CT molecular complexity index is 409. The highest BCUT2D eigenvalue weighted by Crippen LogP contribution is 2.33. The van der Waals surface area contributed by atoms with Crippen LogP contribution >= 0.6 is 11.3 Å². The second kappa shape index (κ2) is 3.52. The number of aliphatic carboxylic acids is 1. The van der Waals surface area contributed by atoms with Gasteiger partial charge in [0.05, 0.1) is 11.1 Å². The van der Waals surface area contributed by atoms with E-state index in [9.17, 15) is 9.90 Å². The van der Waals surface area contributed by atoms with Crippen molar-refractivity contribution < 1.29 is 19.4 Å². The van der Waals surface area contributed by atoms with E-state index in [1.54, 1.807) is 17.5 Å². The van der Waals surface area contributed by atoms with Crippen LogP contribution in [0, 0.1) is 0 Å². The molecular formula is C10H8O4S. The van der Waals surface area contributed by atoms with Gasteiger partial charge in [-0.25, -0.2) is 4.79 Å². The molecule has 0 amide bonds. The molecule has 0 spiro atoms. The van der Waals surface area contributed by atoms with E-state index in [1.165, 1.54) is 29.7 Å². The Labute approximate surface area is 89.4 Å². The molecule has 78 valence electrons. The van der Waals surface area contributed by atoms with Crippen LogP contribution in [0.4, 0.5) is 0 Å². The third-order valence-corrected chi connectivity index (χ3v) is 3.04. The summed E-state index contributed by atoms with van der Waals surface area (Å²) in [4.78, 5) is 11.4. The van der Waals surface area contributed by atoms with Gasteiger partial charge in [-0.15, -0.1) is 11.3 Å². The molecule has 0 fully saturated rings. The molecule has 0 saturated heterocycles. The van der Waals surface area contributed by atoms with E-state index >= 15 is 0 Å². The summed E-state index contributed by atoms with van der Waals surface area (Å²) in [7, 11) is 0. The molecular weight excluding hydrogens is 216 g/mol. The van der Waals surface area contributed by atoms with Gasteiger partial charge in [-0.3, -0.25) is 0 Å². The van der Waals surface area contributed by atoms with E-state index in [0.717, 1.165) is 0 Å². The highest BCUT2D eigenvalue weighted by molar-refractivity contribution is 7.10. The molecule has 2 N–H and O–H groups in total. The number of hydrogen-bond donors (Lipinski definition) is 2. The van der Waals surface area contributed by atoms with Crippen LogP contribution in [0.25, 0.3) is 0 Å². The van der Waals surface area contributed by atoms with Gasteiger partial charge in [0.1, 0.15) is 0 Å². The van der Waals surface area contributed by atoms with Crippen molar-refractivity contribution in [3.63, 3.8) is 0 Å². The van der Waals surface area contributed by atoms with Gasteiger partial charge in [0.15, 0.2) is 5.76 Å². The molecule has 0 bridgehead atoms. The largest absolute Gasteiger partial charge is 0.478 e. The Morgan fingerprint density at radius 1 is 1.40 bits per heavy atom. The minimum Gasteiger partial charge on any atom is -0.478 e. The fraction of sp³-hybridized carbons (Fsp3) is 0.100. The van der Waals surface area contributed by atoms with Crippen molar-refractivity contribution >= 4 is 17.3 Å². The molecule has 2 aromatic heterocycles. The average Bonchev–Trinajstić information content (AvgIpc) is 2.89. The summed E-state index contributed by atoms with van der Waals surface area (Å²) in [6.07, 6.45) is 1.33. The molecule has 0 saturated carbocycles. The Morgan fingerprint density at radius 3 is 2.67 bits per heavy atom. The minimum atomic E-state index is -2.09. The minimum absolute atomic E-state index is 0.0115. The summed E-state index contributed by atoms with van der Waals surface area (Å²) in [6.45, 7) is 0. The van der Waals surface area contributed by atoms with Crippen LogP contribution in [-0.4, -0.2) is 16.2 Å². The third kappa shape index (κ3) is 1.45. The smallest absolute Gasteiger partial charge is 0.349 e. The molecule has 2 aromatic rings. The summed E-state index contributed by atoms with van der Waals surface area (Å²) in [5.41, 5.74) is -2.09. The maximum Gasteiger partial charge on any atom is 0.349 e. The molecule has 1 unspecified atom stereocenters. The zero-order chi connectivity index (χ0) is 10.9. The number of thiophene rings is 1. The van der Waals surface area contributed by atoms with Crippen molar-refractivity contribution in [2.75, 3.05) is 0 Å². The fourth-order valence-electron chi connectivity index (χ4n) is 1.30. The summed E-state index contributed by atoms with van der Waals surface area (Å²) in [5.74, 6) is -1.34. The van der Waals surface area contributed by atoms with Gasteiger partial charge < -0.3 is 14.6 Å². The summed E-state index contributed by atoms with van der Waals surface area (Å²) >= 11 is 1.17. The summed E-state index contributed by atoms with van der Waals surface area (Å²) in [6, 6.07) is 6.21. The SMILES string of the molecule is O=C(O)C(O)(c1ccco1)c1cccs1. The van der Waals surface area contributed by atoms with E-state index in [2.05, 4.69) is 0 Å². The molecule has 0 radical (unpaired) electrons. The lowest BCUT2D eigenvalue weighted by molar-refractivity contribution is -0.156. The zero-order valence-corrected chi connectivity index (χ0v) is 8.40. The number of carbonyl (C=O) groups is 1. The first-order valence-corrected chi connectivity index (χ1v) is 5.07. The van der Waals surface area contributed by atoms with E-state index in [-0.39, 0.29) is 5.76 Å². The van der Waals surface area contributed by atoms with E-state index in [0.29, 0.717) is 4.88 Å². The van der Waals surface area contributed by atoms with Crippen molar-refractivity contribution in [3.05, 3.63) is 46.5 Å². The predicted molar refractivity (Wildman–Crippen MR) is 53.7 cm³/mol. The zero-order valence-electron chi connectivity index (χ0n) is 7.58. The van der Waals surface area contributed by atoms with Crippen molar-refractivity contribution in [1.29, 1.82) is 0 Å². The Morgan fingerprint density at radius 2 is 2.20 bits per heavy atom. The number of carboxylic acids is 1. The van der Waals surface area contributed by atoms with Crippen molar-refractivity contribution in [2.45, 2.75) is 5.60 Å². The standard InChI is InChI=1S/C10H8O4S/c11-9(12)10(13,7-3-1-5-14-7)8-4-2-6-15-8/h1-6,13H,(H,11,12). The number of hydrogen-bond acceptors (Lipinski definition) is 4. The first kappa shape index (κ1) is 9.95. The Balaban J connectivity index is 2.56. The highest BCUT2D eigenvalue weighted by Gasteiger charge is 2.43. The van der Waals surface area contributed by atoms with Crippen LogP contribution < -0.4 is 0 Å². The van der Waals surface area contributed by atoms with Crippen molar-refractivity contribution in [1.82, 2.24) is 0 Å². The molecule has 1 atom stereocenters. The fourth-order valence-corrected chi connectivity index (χ4v) is 2.12. The van der Waals surface area contributed by atoms with Gasteiger partial charge in [-0.1, -0.05) is 6.07 Å². The van der Waals surface area contributed by atoms with Crippen LogP contribution in [0.3, 0.4) is 0 Å². The van der Waals surface area contributed by atoms with Crippen LogP contribution in [-0.2, 0) is 10.4 Å². The maximum atomic E-state index is 11.1. The Hall–Kier alpha value is -1.59. The molecule has 2 rings (SSSR count). The predicted octanol–water partition coefficient (Wildman–Crippen LogP) is 1.66. The first-order chi connectivity index (χ1) is 7.15.